The number of benzene rings is 10. The molecule has 0 saturated carbocycles. The Morgan fingerprint density at radius 3 is 1.80 bits per heavy atom. The van der Waals surface area contributed by atoms with Crippen LogP contribution in [0.5, 0.6) is 0 Å². The quantitative estimate of drug-likeness (QED) is 0.160. The minimum Gasteiger partial charge on any atom is -0.455 e. The minimum atomic E-state index is 0.904. The summed E-state index contributed by atoms with van der Waals surface area (Å²) in [6, 6.07) is 79.5. The van der Waals surface area contributed by atoms with Gasteiger partial charge in [-0.2, -0.15) is 0 Å². The van der Waals surface area contributed by atoms with E-state index in [9.17, 15) is 0 Å². The molecule has 2 aromatic heterocycles. The van der Waals surface area contributed by atoms with E-state index in [0.29, 0.717) is 0 Å². The van der Waals surface area contributed by atoms with Gasteiger partial charge in [0.05, 0.1) is 22.4 Å². The van der Waals surface area contributed by atoms with Crippen LogP contribution in [0.1, 0.15) is 17.5 Å². The van der Waals surface area contributed by atoms with Crippen LogP contribution in [0.4, 0.5) is 17.1 Å². The molecule has 0 bridgehead atoms. The molecule has 0 unspecified atom stereocenters. The Labute approximate surface area is 377 Å². The van der Waals surface area contributed by atoms with E-state index in [2.05, 4.69) is 228 Å². The fraction of sp³-hybridized carbons (Fsp3) is 0.0323. The second kappa shape index (κ2) is 15.1. The van der Waals surface area contributed by atoms with Gasteiger partial charge < -0.3 is 13.9 Å². The second-order valence-corrected chi connectivity index (χ2v) is 17.1. The lowest BCUT2D eigenvalue weighted by Crippen LogP contribution is -2.11. The van der Waals surface area contributed by atoms with Crippen molar-refractivity contribution >= 4 is 77.7 Å². The Balaban J connectivity index is 0.948. The molecule has 65 heavy (non-hydrogen) atoms. The molecule has 0 saturated heterocycles. The van der Waals surface area contributed by atoms with Gasteiger partial charge in [0.25, 0.3) is 0 Å². The van der Waals surface area contributed by atoms with Crippen LogP contribution < -0.4 is 4.90 Å². The number of hydrogen-bond acceptors (Lipinski definition) is 2. The molecule has 3 nitrogen and oxygen atoms in total. The molecule has 1 aliphatic rings. The first-order valence-corrected chi connectivity index (χ1v) is 22.6. The summed E-state index contributed by atoms with van der Waals surface area (Å²) >= 11 is 0. The van der Waals surface area contributed by atoms with Crippen LogP contribution >= 0.6 is 0 Å². The van der Waals surface area contributed by atoms with Crippen molar-refractivity contribution < 1.29 is 4.42 Å². The zero-order chi connectivity index (χ0) is 42.8. The molecular formula is C62H42N2O. The van der Waals surface area contributed by atoms with Gasteiger partial charge in [0.1, 0.15) is 11.2 Å². The highest BCUT2D eigenvalue weighted by Crippen LogP contribution is 2.44. The van der Waals surface area contributed by atoms with Crippen LogP contribution in [0.3, 0.4) is 0 Å². The molecule has 0 atom stereocenters. The zero-order valence-electron chi connectivity index (χ0n) is 35.7. The van der Waals surface area contributed by atoms with Crippen molar-refractivity contribution in [2.45, 2.75) is 12.8 Å². The smallest absolute Gasteiger partial charge is 0.143 e. The molecule has 13 rings (SSSR count). The highest BCUT2D eigenvalue weighted by molar-refractivity contribution is 6.11. The molecule has 2 heterocycles. The summed E-state index contributed by atoms with van der Waals surface area (Å²) in [5, 5.41) is 7.39. The molecule has 0 amide bonds. The monoisotopic (exact) mass is 830 g/mol. The van der Waals surface area contributed by atoms with Crippen molar-refractivity contribution in [2.75, 3.05) is 4.90 Å². The standard InChI is InChI=1S/C62H42N2O/c1-2-15-48-41(14-1)28-29-44-40-45(34-39-49(44)48)51-17-4-8-23-57(51)63(47-37-32-43(33-38-47)52-21-13-22-56-55-20-7-12-27-61(55)65-62(52)56)46-35-30-42(31-36-46)50-16-3-9-24-58(50)64-59-25-10-5-18-53(59)54-19-6-11-26-60(54)64/h1,3-14,16-40H,2,15H2. The first kappa shape index (κ1) is 37.2. The summed E-state index contributed by atoms with van der Waals surface area (Å²) in [6.45, 7) is 0. The molecule has 10 aromatic carbocycles. The second-order valence-electron chi connectivity index (χ2n) is 17.1. The average molecular weight is 831 g/mol. The maximum Gasteiger partial charge on any atom is 0.143 e. The van der Waals surface area contributed by atoms with E-state index in [0.717, 1.165) is 74.2 Å². The van der Waals surface area contributed by atoms with Gasteiger partial charge in [0.15, 0.2) is 0 Å². The number of nitrogens with zero attached hydrogens (tertiary/aromatic N) is 2. The van der Waals surface area contributed by atoms with Crippen molar-refractivity contribution in [1.82, 2.24) is 4.57 Å². The SMILES string of the molecule is C1=Cc2ccc3cc(-c4ccccc4N(c4ccc(-c5ccccc5-n5c6ccccc6c6ccccc65)cc4)c4ccc(-c5cccc6c5oc5ccccc56)cc4)ccc3c2CC1. The Morgan fingerprint density at radius 1 is 0.431 bits per heavy atom. The normalized spacial score (nSPS) is 12.4. The molecule has 3 heteroatoms. The Kier molecular flexibility index (Phi) is 8.67. The first-order chi connectivity index (χ1) is 32.2. The van der Waals surface area contributed by atoms with Crippen molar-refractivity contribution in [3.63, 3.8) is 0 Å². The van der Waals surface area contributed by atoms with Gasteiger partial charge >= 0.3 is 0 Å². The van der Waals surface area contributed by atoms with Crippen LogP contribution in [-0.4, -0.2) is 4.57 Å². The number of fused-ring (bicyclic) bond motifs is 9. The lowest BCUT2D eigenvalue weighted by atomic mass is 9.90. The van der Waals surface area contributed by atoms with E-state index in [1.165, 1.54) is 60.4 Å². The third kappa shape index (κ3) is 6.12. The fourth-order valence-electron chi connectivity index (χ4n) is 10.4. The van der Waals surface area contributed by atoms with Crippen molar-refractivity contribution in [2.24, 2.45) is 0 Å². The number of hydrogen-bond donors (Lipinski definition) is 0. The molecule has 0 fully saturated rings. The number of rotatable bonds is 7. The van der Waals surface area contributed by atoms with Crippen LogP contribution in [0, 0.1) is 0 Å². The predicted octanol–water partition coefficient (Wildman–Crippen LogP) is 17.3. The van der Waals surface area contributed by atoms with Crippen molar-refractivity contribution in [3.05, 3.63) is 236 Å². The van der Waals surface area contributed by atoms with E-state index in [4.69, 9.17) is 4.42 Å². The molecule has 306 valence electrons. The van der Waals surface area contributed by atoms with Gasteiger partial charge in [-0.05, 0) is 112 Å². The molecule has 0 N–H and O–H groups in total. The lowest BCUT2D eigenvalue weighted by Gasteiger charge is -2.28. The van der Waals surface area contributed by atoms with Gasteiger partial charge in [-0.1, -0.05) is 170 Å². The van der Waals surface area contributed by atoms with Gasteiger partial charge in [-0.25, -0.2) is 0 Å². The summed E-state index contributed by atoms with van der Waals surface area (Å²) < 4.78 is 8.90. The molecule has 12 aromatic rings. The summed E-state index contributed by atoms with van der Waals surface area (Å²) in [7, 11) is 0. The first-order valence-electron chi connectivity index (χ1n) is 22.6. The van der Waals surface area contributed by atoms with E-state index >= 15 is 0 Å². The lowest BCUT2D eigenvalue weighted by molar-refractivity contribution is 0.670. The molecule has 0 spiro atoms. The zero-order valence-corrected chi connectivity index (χ0v) is 35.7. The third-order valence-electron chi connectivity index (χ3n) is 13.5. The van der Waals surface area contributed by atoms with E-state index in [1.54, 1.807) is 0 Å². The molecule has 0 aliphatic heterocycles. The number of aromatic nitrogens is 1. The summed E-state index contributed by atoms with van der Waals surface area (Å²) in [4.78, 5) is 2.41. The van der Waals surface area contributed by atoms with Gasteiger partial charge in [0, 0.05) is 49.6 Å². The topological polar surface area (TPSA) is 21.3 Å². The highest BCUT2D eigenvalue weighted by Gasteiger charge is 2.21. The number of para-hydroxylation sites is 6. The molecule has 1 aliphatic carbocycles. The number of anilines is 3. The van der Waals surface area contributed by atoms with E-state index < -0.39 is 0 Å². The van der Waals surface area contributed by atoms with Crippen LogP contribution in [-0.2, 0) is 6.42 Å². The number of allylic oxidation sites excluding steroid dienone is 1. The fourth-order valence-corrected chi connectivity index (χ4v) is 10.4. The Morgan fingerprint density at radius 2 is 1.03 bits per heavy atom. The number of furan rings is 1. The predicted molar refractivity (Wildman–Crippen MR) is 274 cm³/mol. The van der Waals surface area contributed by atoms with E-state index in [-0.39, 0.29) is 0 Å². The van der Waals surface area contributed by atoms with Crippen molar-refractivity contribution in [3.8, 4) is 39.1 Å². The summed E-state index contributed by atoms with van der Waals surface area (Å²) in [6.07, 6.45) is 6.72. The summed E-state index contributed by atoms with van der Waals surface area (Å²) in [5.41, 5.74) is 18.3. The van der Waals surface area contributed by atoms with Crippen LogP contribution in [0.15, 0.2) is 229 Å². The molecular weight excluding hydrogens is 789 g/mol. The third-order valence-corrected chi connectivity index (χ3v) is 13.5. The average Bonchev–Trinajstić information content (AvgIpc) is 3.93. The maximum absolute atomic E-state index is 6.49. The van der Waals surface area contributed by atoms with Crippen LogP contribution in [0.25, 0.3) is 99.7 Å². The van der Waals surface area contributed by atoms with Gasteiger partial charge in [0.2, 0.25) is 0 Å². The Bertz CT molecular complexity index is 3780. The minimum absolute atomic E-state index is 0.904. The van der Waals surface area contributed by atoms with E-state index in [1.807, 2.05) is 12.1 Å². The largest absolute Gasteiger partial charge is 0.455 e. The van der Waals surface area contributed by atoms with Gasteiger partial charge in [-0.3, -0.25) is 0 Å². The summed E-state index contributed by atoms with van der Waals surface area (Å²) in [5.74, 6) is 0. The molecule has 0 radical (unpaired) electrons. The van der Waals surface area contributed by atoms with Crippen molar-refractivity contribution in [1.29, 1.82) is 0 Å². The van der Waals surface area contributed by atoms with Crippen LogP contribution in [0.2, 0.25) is 0 Å². The Hall–Kier alpha value is -8.40. The highest BCUT2D eigenvalue weighted by atomic mass is 16.3. The van der Waals surface area contributed by atoms with Gasteiger partial charge in [-0.15, -0.1) is 0 Å². The maximum atomic E-state index is 6.49. The number of aryl methyl sites for hydroxylation is 1.